The first-order chi connectivity index (χ1) is 3.85. The van der Waals surface area contributed by atoms with Crippen LogP contribution in [0, 0.1) is 0 Å². The largest absolute Gasteiger partial charge is 0.375 e. The fourth-order valence-corrected chi connectivity index (χ4v) is 0.360. The molecule has 0 heterocycles. The van der Waals surface area contributed by atoms with Gasteiger partial charge in [0.2, 0.25) is 0 Å². The minimum Gasteiger partial charge on any atom is -0.375 e. The Kier molecular flexibility index (Phi) is 3.66. The molecule has 0 aromatic carbocycles. The Morgan fingerprint density at radius 2 is 1.88 bits per heavy atom. The van der Waals surface area contributed by atoms with Gasteiger partial charge in [0.05, 0.1) is 0 Å². The number of carbonyl (C=O) groups excluding carboxylic acids is 1. The second-order valence-corrected chi connectivity index (χ2v) is 1.22. The Balaban J connectivity index is 3.66. The van der Waals surface area contributed by atoms with Gasteiger partial charge in [-0.2, -0.15) is 0 Å². The van der Waals surface area contributed by atoms with E-state index in [1.807, 2.05) is 0 Å². The van der Waals surface area contributed by atoms with Gasteiger partial charge in [-0.3, -0.25) is 4.79 Å². The maximum absolute atomic E-state index is 9.78. The first kappa shape index (κ1) is 7.01. The summed E-state index contributed by atoms with van der Waals surface area (Å²) in [6.07, 6.45) is 2.14. The van der Waals surface area contributed by atoms with Crippen molar-refractivity contribution in [1.82, 2.24) is 10.6 Å². The van der Waals surface area contributed by atoms with Gasteiger partial charge in [-0.1, -0.05) is 0 Å². The maximum Gasteiger partial charge on any atom is 0.146 e. The van der Waals surface area contributed by atoms with E-state index >= 15 is 0 Å². The lowest BCUT2D eigenvalue weighted by Crippen LogP contribution is -2.19. The molecule has 8 heavy (non-hydrogen) atoms. The molecule has 0 rings (SSSR count). The molecule has 0 bridgehead atoms. The molecule has 0 atom stereocenters. The standard InChI is InChI=1S/C5H10N2O/c1-6-5(7-2)3-4-8/h3-4,6-7H,1-2H3. The number of allylic oxidation sites excluding steroid dienone is 1. The zero-order chi connectivity index (χ0) is 6.41. The number of aldehydes is 1. The van der Waals surface area contributed by atoms with E-state index in [0.717, 1.165) is 12.1 Å². The van der Waals surface area contributed by atoms with Crippen LogP contribution in [0.4, 0.5) is 0 Å². The molecule has 0 aromatic rings. The van der Waals surface area contributed by atoms with E-state index < -0.39 is 0 Å². The van der Waals surface area contributed by atoms with E-state index in [9.17, 15) is 4.79 Å². The molecule has 0 unspecified atom stereocenters. The number of hydrogen-bond acceptors (Lipinski definition) is 3. The normalized spacial score (nSPS) is 7.25. The quantitative estimate of drug-likeness (QED) is 0.382. The Morgan fingerprint density at radius 3 is 2.00 bits per heavy atom. The van der Waals surface area contributed by atoms with E-state index in [1.54, 1.807) is 14.1 Å². The summed E-state index contributed by atoms with van der Waals surface area (Å²) in [6.45, 7) is 0. The molecule has 0 aliphatic rings. The van der Waals surface area contributed by atoms with Gasteiger partial charge in [0.15, 0.2) is 0 Å². The van der Waals surface area contributed by atoms with Crippen molar-refractivity contribution in [2.24, 2.45) is 0 Å². The van der Waals surface area contributed by atoms with Crippen LogP contribution < -0.4 is 10.6 Å². The van der Waals surface area contributed by atoms with Crippen molar-refractivity contribution >= 4 is 6.29 Å². The highest BCUT2D eigenvalue weighted by atomic mass is 16.1. The Morgan fingerprint density at radius 1 is 1.38 bits per heavy atom. The summed E-state index contributed by atoms with van der Waals surface area (Å²) in [4.78, 5) is 9.78. The zero-order valence-electron chi connectivity index (χ0n) is 5.06. The van der Waals surface area contributed by atoms with Crippen molar-refractivity contribution < 1.29 is 4.79 Å². The SMILES string of the molecule is CNC(=CC=O)NC. The topological polar surface area (TPSA) is 41.1 Å². The third kappa shape index (κ3) is 2.23. The number of nitrogens with one attached hydrogen (secondary N) is 2. The minimum absolute atomic E-state index is 0.722. The van der Waals surface area contributed by atoms with E-state index in [0.29, 0.717) is 0 Å². The maximum atomic E-state index is 9.78. The van der Waals surface area contributed by atoms with Gasteiger partial charge in [0.1, 0.15) is 12.1 Å². The minimum atomic E-state index is 0.722. The van der Waals surface area contributed by atoms with E-state index in [4.69, 9.17) is 0 Å². The van der Waals surface area contributed by atoms with Crippen molar-refractivity contribution in [3.8, 4) is 0 Å². The summed E-state index contributed by atoms with van der Waals surface area (Å²) >= 11 is 0. The molecule has 46 valence electrons. The summed E-state index contributed by atoms with van der Waals surface area (Å²) < 4.78 is 0. The molecule has 0 spiro atoms. The summed E-state index contributed by atoms with van der Waals surface area (Å²) in [5.74, 6) is 0.722. The second-order valence-electron chi connectivity index (χ2n) is 1.22. The van der Waals surface area contributed by atoms with Gasteiger partial charge < -0.3 is 10.6 Å². The molecule has 2 N–H and O–H groups in total. The monoisotopic (exact) mass is 114 g/mol. The Bertz CT molecular complexity index is 92.6. The average molecular weight is 114 g/mol. The molecule has 0 saturated heterocycles. The van der Waals surface area contributed by atoms with Crippen molar-refractivity contribution in [3.63, 3.8) is 0 Å². The molecule has 3 nitrogen and oxygen atoms in total. The zero-order valence-corrected chi connectivity index (χ0v) is 5.06. The van der Waals surface area contributed by atoms with Crippen molar-refractivity contribution in [3.05, 3.63) is 11.9 Å². The number of rotatable bonds is 3. The predicted molar refractivity (Wildman–Crippen MR) is 32.3 cm³/mol. The van der Waals surface area contributed by atoms with Crippen LogP contribution in [0.5, 0.6) is 0 Å². The van der Waals surface area contributed by atoms with E-state index in [1.165, 1.54) is 6.08 Å². The van der Waals surface area contributed by atoms with Crippen LogP contribution in [0.3, 0.4) is 0 Å². The second kappa shape index (κ2) is 4.18. The third-order valence-corrected chi connectivity index (χ3v) is 0.773. The third-order valence-electron chi connectivity index (χ3n) is 0.773. The van der Waals surface area contributed by atoms with Crippen LogP contribution in [0.15, 0.2) is 11.9 Å². The lowest BCUT2D eigenvalue weighted by molar-refractivity contribution is -0.104. The number of hydrogen-bond donors (Lipinski definition) is 2. The fraction of sp³-hybridized carbons (Fsp3) is 0.400. The van der Waals surface area contributed by atoms with Gasteiger partial charge in [0.25, 0.3) is 0 Å². The van der Waals surface area contributed by atoms with E-state index in [-0.39, 0.29) is 0 Å². The molecule has 0 radical (unpaired) electrons. The Labute approximate surface area is 48.8 Å². The van der Waals surface area contributed by atoms with Crippen LogP contribution >= 0.6 is 0 Å². The summed E-state index contributed by atoms with van der Waals surface area (Å²) in [5.41, 5.74) is 0. The Hall–Kier alpha value is -0.990. The summed E-state index contributed by atoms with van der Waals surface area (Å²) in [7, 11) is 3.48. The van der Waals surface area contributed by atoms with Gasteiger partial charge >= 0.3 is 0 Å². The molecule has 0 fully saturated rings. The van der Waals surface area contributed by atoms with Crippen molar-refractivity contribution in [2.45, 2.75) is 0 Å². The van der Waals surface area contributed by atoms with Gasteiger partial charge in [-0.05, 0) is 0 Å². The van der Waals surface area contributed by atoms with Gasteiger partial charge in [-0.15, -0.1) is 0 Å². The summed E-state index contributed by atoms with van der Waals surface area (Å²) in [6, 6.07) is 0. The molecule has 0 aliphatic heterocycles. The molecule has 0 aliphatic carbocycles. The first-order valence-electron chi connectivity index (χ1n) is 2.36. The lowest BCUT2D eigenvalue weighted by atomic mass is 10.6. The predicted octanol–water partition coefficient (Wildman–Crippen LogP) is -0.535. The van der Waals surface area contributed by atoms with E-state index in [2.05, 4.69) is 10.6 Å². The van der Waals surface area contributed by atoms with Crippen LogP contribution in [-0.4, -0.2) is 20.4 Å². The fourth-order valence-electron chi connectivity index (χ4n) is 0.360. The van der Waals surface area contributed by atoms with Gasteiger partial charge in [-0.25, -0.2) is 0 Å². The highest BCUT2D eigenvalue weighted by Gasteiger charge is 1.80. The smallest absolute Gasteiger partial charge is 0.146 e. The molecule has 3 heteroatoms. The lowest BCUT2D eigenvalue weighted by Gasteiger charge is -2.00. The highest BCUT2D eigenvalue weighted by Crippen LogP contribution is 1.72. The molecule has 0 amide bonds. The van der Waals surface area contributed by atoms with Crippen molar-refractivity contribution in [2.75, 3.05) is 14.1 Å². The summed E-state index contributed by atoms with van der Waals surface area (Å²) in [5, 5.41) is 5.54. The molecular formula is C5H10N2O. The molecule has 0 saturated carbocycles. The average Bonchev–Trinajstić information content (AvgIpc) is 1.83. The van der Waals surface area contributed by atoms with Crippen LogP contribution in [-0.2, 0) is 4.79 Å². The first-order valence-corrected chi connectivity index (χ1v) is 2.36. The van der Waals surface area contributed by atoms with Crippen molar-refractivity contribution in [1.29, 1.82) is 0 Å². The number of carbonyl (C=O) groups is 1. The van der Waals surface area contributed by atoms with Gasteiger partial charge in [0, 0.05) is 20.2 Å². The molecule has 0 aromatic heterocycles. The van der Waals surface area contributed by atoms with Crippen LogP contribution in [0.1, 0.15) is 0 Å². The molecular weight excluding hydrogens is 104 g/mol. The van der Waals surface area contributed by atoms with Crippen LogP contribution in [0.2, 0.25) is 0 Å². The highest BCUT2D eigenvalue weighted by molar-refractivity contribution is 5.65. The van der Waals surface area contributed by atoms with Crippen LogP contribution in [0.25, 0.3) is 0 Å².